The highest BCUT2D eigenvalue weighted by Gasteiger charge is 2.34. The molecular formula is C9H8BrF3N2O4. The molecule has 0 bridgehead atoms. The molecule has 0 radical (unpaired) electrons. The molecule has 1 rings (SSSR count). The normalized spacial score (nSPS) is 10.8. The fraction of sp³-hybridized carbons (Fsp3) is 0.333. The summed E-state index contributed by atoms with van der Waals surface area (Å²) in [5.41, 5.74) is -0.322. The van der Waals surface area contributed by atoms with E-state index in [0.29, 0.717) is 0 Å². The average molecular weight is 345 g/mol. The minimum absolute atomic E-state index is 0.130. The van der Waals surface area contributed by atoms with Crippen LogP contribution in [0.15, 0.2) is 10.5 Å². The molecule has 0 aliphatic rings. The molecule has 106 valence electrons. The lowest BCUT2D eigenvalue weighted by atomic mass is 10.4. The predicted molar refractivity (Wildman–Crippen MR) is 61.2 cm³/mol. The van der Waals surface area contributed by atoms with Crippen LogP contribution in [0.1, 0.15) is 0 Å². The Bertz CT molecular complexity index is 481. The highest BCUT2D eigenvalue weighted by Crippen LogP contribution is 2.35. The van der Waals surface area contributed by atoms with Gasteiger partial charge in [-0.2, -0.15) is 4.98 Å². The van der Waals surface area contributed by atoms with Gasteiger partial charge in [0.1, 0.15) is 5.69 Å². The van der Waals surface area contributed by atoms with Crippen LogP contribution in [0.2, 0.25) is 0 Å². The minimum atomic E-state index is -4.96. The molecule has 0 spiro atoms. The number of nitrogens with zero attached hydrogens (tertiary/aromatic N) is 1. The first-order valence-corrected chi connectivity index (χ1v) is 5.41. The monoisotopic (exact) mass is 344 g/mol. The van der Waals surface area contributed by atoms with E-state index >= 15 is 0 Å². The number of anilines is 1. The summed E-state index contributed by atoms with van der Waals surface area (Å²) in [6.45, 7) is 0. The van der Waals surface area contributed by atoms with Crippen molar-refractivity contribution in [2.45, 2.75) is 6.36 Å². The number of aromatic nitrogens is 1. The van der Waals surface area contributed by atoms with E-state index in [0.717, 1.165) is 13.2 Å². The zero-order chi connectivity index (χ0) is 14.6. The number of alkyl halides is 3. The lowest BCUT2D eigenvalue weighted by molar-refractivity contribution is -0.275. The Kier molecular flexibility index (Phi) is 4.81. The molecule has 0 fully saturated rings. The van der Waals surface area contributed by atoms with Crippen LogP contribution in [0, 0.1) is 0 Å². The Labute approximate surface area is 114 Å². The number of hydrogen-bond donors (Lipinski definition) is 1. The number of carbonyl (C=O) groups is 1. The first-order valence-electron chi connectivity index (χ1n) is 4.62. The van der Waals surface area contributed by atoms with E-state index in [-0.39, 0.29) is 16.0 Å². The standard InChI is InChI=1S/C9H8BrF3N2O4/c1-17-6-4(10)3-5(14-8(16)18-2)7(15-6)19-9(11,12)13/h3H,1-2H3,(H,14,16). The maximum absolute atomic E-state index is 12.2. The van der Waals surface area contributed by atoms with Gasteiger partial charge in [-0.3, -0.25) is 5.32 Å². The zero-order valence-corrected chi connectivity index (χ0v) is 11.3. The Morgan fingerprint density at radius 1 is 1.37 bits per heavy atom. The molecule has 19 heavy (non-hydrogen) atoms. The van der Waals surface area contributed by atoms with Crippen LogP contribution >= 0.6 is 15.9 Å². The first kappa shape index (κ1) is 15.3. The number of amides is 1. The van der Waals surface area contributed by atoms with Gasteiger partial charge in [0.05, 0.1) is 18.7 Å². The first-order chi connectivity index (χ1) is 8.76. The van der Waals surface area contributed by atoms with Crippen molar-refractivity contribution in [2.75, 3.05) is 19.5 Å². The van der Waals surface area contributed by atoms with Gasteiger partial charge in [-0.15, -0.1) is 13.2 Å². The molecule has 0 saturated heterocycles. The minimum Gasteiger partial charge on any atom is -0.480 e. The van der Waals surface area contributed by atoms with Gasteiger partial charge in [0.25, 0.3) is 0 Å². The quantitative estimate of drug-likeness (QED) is 0.912. The van der Waals surface area contributed by atoms with Crippen LogP contribution in [-0.4, -0.2) is 31.7 Å². The van der Waals surface area contributed by atoms with Crippen molar-refractivity contribution in [3.63, 3.8) is 0 Å². The summed E-state index contributed by atoms with van der Waals surface area (Å²) in [7, 11) is 2.28. The van der Waals surface area contributed by atoms with E-state index in [1.165, 1.54) is 7.11 Å². The molecule has 1 amide bonds. The van der Waals surface area contributed by atoms with Gasteiger partial charge < -0.3 is 14.2 Å². The molecule has 1 aromatic heterocycles. The van der Waals surface area contributed by atoms with Crippen molar-refractivity contribution in [1.82, 2.24) is 4.98 Å². The maximum Gasteiger partial charge on any atom is 0.574 e. The molecule has 10 heteroatoms. The topological polar surface area (TPSA) is 69.7 Å². The number of methoxy groups -OCH3 is 2. The van der Waals surface area contributed by atoms with E-state index < -0.39 is 18.3 Å². The third kappa shape index (κ3) is 4.47. The molecule has 1 N–H and O–H groups in total. The lowest BCUT2D eigenvalue weighted by Gasteiger charge is -2.14. The van der Waals surface area contributed by atoms with Crippen molar-refractivity contribution < 1.29 is 32.2 Å². The summed E-state index contributed by atoms with van der Waals surface area (Å²) in [6.07, 6.45) is -5.93. The summed E-state index contributed by atoms with van der Waals surface area (Å²) in [5, 5.41) is 2.04. The van der Waals surface area contributed by atoms with Crippen molar-refractivity contribution >= 4 is 27.7 Å². The van der Waals surface area contributed by atoms with Crippen molar-refractivity contribution in [3.05, 3.63) is 10.5 Å². The Balaban J connectivity index is 3.18. The van der Waals surface area contributed by atoms with Crippen LogP contribution in [0.3, 0.4) is 0 Å². The second-order valence-electron chi connectivity index (χ2n) is 3.00. The van der Waals surface area contributed by atoms with Crippen LogP contribution in [0.4, 0.5) is 23.7 Å². The highest BCUT2D eigenvalue weighted by atomic mass is 79.9. The zero-order valence-electron chi connectivity index (χ0n) is 9.67. The van der Waals surface area contributed by atoms with Crippen molar-refractivity contribution in [2.24, 2.45) is 0 Å². The van der Waals surface area contributed by atoms with Crippen LogP contribution < -0.4 is 14.8 Å². The Morgan fingerprint density at radius 2 is 2.00 bits per heavy atom. The largest absolute Gasteiger partial charge is 0.574 e. The number of hydrogen-bond acceptors (Lipinski definition) is 5. The molecule has 0 unspecified atom stereocenters. The summed E-state index contributed by atoms with van der Waals surface area (Å²) in [4.78, 5) is 14.5. The molecule has 0 atom stereocenters. The second kappa shape index (κ2) is 5.95. The maximum atomic E-state index is 12.2. The van der Waals surface area contributed by atoms with Gasteiger partial charge in [0.2, 0.25) is 11.8 Å². The molecule has 0 aliphatic heterocycles. The van der Waals surface area contributed by atoms with Gasteiger partial charge in [-0.25, -0.2) is 4.79 Å². The van der Waals surface area contributed by atoms with Gasteiger partial charge in [0.15, 0.2) is 0 Å². The number of ether oxygens (including phenoxy) is 3. The summed E-state index contributed by atoms with van der Waals surface area (Å²) >= 11 is 3.02. The van der Waals surface area contributed by atoms with Crippen LogP contribution in [0.5, 0.6) is 11.8 Å². The molecule has 0 aliphatic carbocycles. The second-order valence-corrected chi connectivity index (χ2v) is 3.85. The van der Waals surface area contributed by atoms with Crippen LogP contribution in [-0.2, 0) is 4.74 Å². The van der Waals surface area contributed by atoms with Crippen molar-refractivity contribution in [1.29, 1.82) is 0 Å². The fourth-order valence-electron chi connectivity index (χ4n) is 1.04. The number of carbonyl (C=O) groups excluding carboxylic acids is 1. The van der Waals surface area contributed by atoms with Crippen molar-refractivity contribution in [3.8, 4) is 11.8 Å². The molecule has 0 aromatic carbocycles. The van der Waals surface area contributed by atoms with E-state index in [1.807, 2.05) is 5.32 Å². The molecule has 6 nitrogen and oxygen atoms in total. The van der Waals surface area contributed by atoms with E-state index in [9.17, 15) is 18.0 Å². The van der Waals surface area contributed by atoms with E-state index in [1.54, 1.807) is 0 Å². The fourth-order valence-corrected chi connectivity index (χ4v) is 1.52. The van der Waals surface area contributed by atoms with Gasteiger partial charge >= 0.3 is 12.5 Å². The van der Waals surface area contributed by atoms with E-state index in [2.05, 4.69) is 30.4 Å². The van der Waals surface area contributed by atoms with E-state index in [4.69, 9.17) is 4.74 Å². The number of pyridine rings is 1. The van der Waals surface area contributed by atoms with Crippen LogP contribution in [0.25, 0.3) is 0 Å². The van der Waals surface area contributed by atoms with Gasteiger partial charge in [0, 0.05) is 0 Å². The summed E-state index contributed by atoms with van der Waals surface area (Å²) in [5.74, 6) is -0.993. The SMILES string of the molecule is COC(=O)Nc1cc(Br)c(OC)nc1OC(F)(F)F. The highest BCUT2D eigenvalue weighted by molar-refractivity contribution is 9.10. The van der Waals surface area contributed by atoms with Gasteiger partial charge in [-0.1, -0.05) is 0 Å². The number of rotatable bonds is 3. The number of halogens is 4. The smallest absolute Gasteiger partial charge is 0.480 e. The third-order valence-electron chi connectivity index (χ3n) is 1.74. The Morgan fingerprint density at radius 3 is 2.47 bits per heavy atom. The van der Waals surface area contributed by atoms with Gasteiger partial charge in [-0.05, 0) is 22.0 Å². The molecular weight excluding hydrogens is 337 g/mol. The average Bonchev–Trinajstić information content (AvgIpc) is 2.30. The summed E-state index contributed by atoms with van der Waals surface area (Å²) in [6, 6.07) is 1.14. The molecule has 0 saturated carbocycles. The lowest BCUT2D eigenvalue weighted by Crippen LogP contribution is -2.20. The number of nitrogens with one attached hydrogen (secondary N) is 1. The Hall–Kier alpha value is -1.71. The summed E-state index contributed by atoms with van der Waals surface area (Å²) < 4.78 is 49.6. The molecule has 1 aromatic rings. The third-order valence-corrected chi connectivity index (χ3v) is 2.30. The molecule has 1 heterocycles. The predicted octanol–water partition coefficient (Wildman–Crippen LogP) is 2.93.